The molecule has 1 amide bonds. The average Bonchev–Trinajstić information content (AvgIpc) is 3.72. The van der Waals surface area contributed by atoms with Gasteiger partial charge < -0.3 is 14.7 Å². The van der Waals surface area contributed by atoms with Crippen LogP contribution in [0.3, 0.4) is 0 Å². The molecule has 0 atom stereocenters. The average molecular weight is 527 g/mol. The molecule has 4 heterocycles. The van der Waals surface area contributed by atoms with Crippen molar-refractivity contribution in [2.24, 2.45) is 4.99 Å². The second-order valence-electron chi connectivity index (χ2n) is 9.48. The number of carbonyl (C=O) groups is 1. The van der Waals surface area contributed by atoms with Gasteiger partial charge >= 0.3 is 0 Å². The zero-order valence-electron chi connectivity index (χ0n) is 21.8. The molecule has 0 spiro atoms. The highest BCUT2D eigenvalue weighted by molar-refractivity contribution is 6.01. The summed E-state index contributed by atoms with van der Waals surface area (Å²) >= 11 is 0. The number of nitrogens with zero attached hydrogens (tertiary/aromatic N) is 3. The SMILES string of the molecule is C=N/C=C(\C=C(/C)NC(=O)Cc1ccccc1)c1ccc2[nH]nc(-c3cc4c(-c5ccoc5)cncc4[nH]3)c2c1. The third-order valence-corrected chi connectivity index (χ3v) is 6.68. The molecule has 0 saturated heterocycles. The number of aromatic amines is 2. The van der Waals surface area contributed by atoms with E-state index in [1.807, 2.05) is 67.7 Å². The smallest absolute Gasteiger partial charge is 0.228 e. The minimum atomic E-state index is -0.0819. The number of hydrogen-bond donors (Lipinski definition) is 3. The van der Waals surface area contributed by atoms with Gasteiger partial charge in [0.15, 0.2) is 0 Å². The Hall–Kier alpha value is -5.50. The quantitative estimate of drug-likeness (QED) is 0.152. The molecular formula is C32H26N6O2. The minimum absolute atomic E-state index is 0.0819. The van der Waals surface area contributed by atoms with Crippen LogP contribution in [0, 0.1) is 0 Å². The van der Waals surface area contributed by atoms with E-state index in [2.05, 4.69) is 49.3 Å². The Morgan fingerprint density at radius 2 is 1.95 bits per heavy atom. The lowest BCUT2D eigenvalue weighted by Crippen LogP contribution is -2.23. The molecule has 0 unspecified atom stereocenters. The maximum Gasteiger partial charge on any atom is 0.228 e. The Balaban J connectivity index is 1.32. The maximum atomic E-state index is 12.6. The fourth-order valence-corrected chi connectivity index (χ4v) is 4.83. The summed E-state index contributed by atoms with van der Waals surface area (Å²) < 4.78 is 5.28. The molecule has 0 aliphatic rings. The summed E-state index contributed by atoms with van der Waals surface area (Å²) in [7, 11) is 0. The van der Waals surface area contributed by atoms with Crippen LogP contribution in [0.15, 0.2) is 113 Å². The first-order valence-corrected chi connectivity index (χ1v) is 12.8. The van der Waals surface area contributed by atoms with Crippen molar-refractivity contribution >= 4 is 40.0 Å². The highest BCUT2D eigenvalue weighted by Crippen LogP contribution is 2.34. The van der Waals surface area contributed by atoms with Gasteiger partial charge in [-0.25, -0.2) is 0 Å². The number of nitrogens with one attached hydrogen (secondary N) is 3. The van der Waals surface area contributed by atoms with E-state index in [9.17, 15) is 4.79 Å². The molecule has 0 bridgehead atoms. The van der Waals surface area contributed by atoms with E-state index in [-0.39, 0.29) is 5.91 Å². The second-order valence-corrected chi connectivity index (χ2v) is 9.48. The number of rotatable bonds is 8. The number of pyridine rings is 1. The molecule has 6 aromatic rings. The lowest BCUT2D eigenvalue weighted by atomic mass is 10.0. The zero-order valence-corrected chi connectivity index (χ0v) is 21.8. The first-order valence-electron chi connectivity index (χ1n) is 12.8. The number of furan rings is 1. The molecule has 2 aromatic carbocycles. The van der Waals surface area contributed by atoms with Crippen LogP contribution in [0.1, 0.15) is 18.1 Å². The molecule has 8 nitrogen and oxygen atoms in total. The summed E-state index contributed by atoms with van der Waals surface area (Å²) in [4.78, 5) is 24.4. The number of H-pyrrole nitrogens is 2. The van der Waals surface area contributed by atoms with E-state index in [1.54, 1.807) is 24.9 Å². The highest BCUT2D eigenvalue weighted by Gasteiger charge is 2.15. The molecule has 196 valence electrons. The topological polar surface area (TPSA) is 112 Å². The van der Waals surface area contributed by atoms with Crippen molar-refractivity contribution in [1.82, 2.24) is 25.5 Å². The van der Waals surface area contributed by atoms with Crippen molar-refractivity contribution in [3.05, 3.63) is 115 Å². The molecule has 0 aliphatic carbocycles. The van der Waals surface area contributed by atoms with Gasteiger partial charge in [0.1, 0.15) is 5.69 Å². The fraction of sp³-hybridized carbons (Fsp3) is 0.0625. The van der Waals surface area contributed by atoms with Crippen molar-refractivity contribution in [3.63, 3.8) is 0 Å². The molecule has 0 aliphatic heterocycles. The third kappa shape index (κ3) is 4.98. The van der Waals surface area contributed by atoms with Gasteiger partial charge in [-0.1, -0.05) is 36.4 Å². The van der Waals surface area contributed by atoms with Gasteiger partial charge in [0.2, 0.25) is 5.91 Å². The zero-order chi connectivity index (χ0) is 27.5. The van der Waals surface area contributed by atoms with Gasteiger partial charge in [0.25, 0.3) is 0 Å². The molecule has 0 fully saturated rings. The summed E-state index contributed by atoms with van der Waals surface area (Å²) in [6, 6.07) is 19.7. The van der Waals surface area contributed by atoms with E-state index >= 15 is 0 Å². The largest absolute Gasteiger partial charge is 0.472 e. The summed E-state index contributed by atoms with van der Waals surface area (Å²) in [5.41, 5.74) is 8.78. The van der Waals surface area contributed by atoms with Crippen LogP contribution < -0.4 is 5.32 Å². The molecule has 6 rings (SSSR count). The molecule has 3 N–H and O–H groups in total. The second kappa shape index (κ2) is 10.7. The normalized spacial score (nSPS) is 12.2. The lowest BCUT2D eigenvalue weighted by molar-refractivity contribution is -0.119. The van der Waals surface area contributed by atoms with E-state index < -0.39 is 0 Å². The molecule has 8 heteroatoms. The van der Waals surface area contributed by atoms with Crippen molar-refractivity contribution in [3.8, 4) is 22.5 Å². The van der Waals surface area contributed by atoms with Crippen molar-refractivity contribution < 1.29 is 9.21 Å². The van der Waals surface area contributed by atoms with Gasteiger partial charge in [-0.05, 0) is 55.1 Å². The summed E-state index contributed by atoms with van der Waals surface area (Å²) in [5.74, 6) is -0.0819. The van der Waals surface area contributed by atoms with Crippen LogP contribution in [0.5, 0.6) is 0 Å². The fourth-order valence-electron chi connectivity index (χ4n) is 4.83. The van der Waals surface area contributed by atoms with E-state index in [0.717, 1.165) is 61.0 Å². The summed E-state index contributed by atoms with van der Waals surface area (Å²) in [6.07, 6.45) is 10.9. The van der Waals surface area contributed by atoms with Gasteiger partial charge in [0, 0.05) is 45.6 Å². The van der Waals surface area contributed by atoms with E-state index in [4.69, 9.17) is 4.42 Å². The molecule has 0 saturated carbocycles. The molecule has 4 aromatic heterocycles. The number of benzene rings is 2. The third-order valence-electron chi connectivity index (χ3n) is 6.68. The number of aliphatic imine (C=N–C) groups is 1. The lowest BCUT2D eigenvalue weighted by Gasteiger charge is -2.08. The van der Waals surface area contributed by atoms with Gasteiger partial charge in [-0.2, -0.15) is 5.10 Å². The van der Waals surface area contributed by atoms with Gasteiger partial charge in [-0.3, -0.25) is 19.9 Å². The van der Waals surface area contributed by atoms with Crippen LogP contribution >= 0.6 is 0 Å². The highest BCUT2D eigenvalue weighted by atomic mass is 16.3. The van der Waals surface area contributed by atoms with Crippen LogP contribution in [0.2, 0.25) is 0 Å². The van der Waals surface area contributed by atoms with E-state index in [1.165, 1.54) is 0 Å². The number of fused-ring (bicyclic) bond motifs is 2. The summed E-state index contributed by atoms with van der Waals surface area (Å²) in [5, 5.41) is 12.7. The number of allylic oxidation sites excluding steroid dienone is 3. The number of amides is 1. The standard InChI is InChI=1S/C32H26N6O2/c1-20(35-31(39)13-21-6-4-3-5-7-21)12-24(16-33-2)22-8-9-28-26(14-22)32(38-37-28)29-15-25-27(23-10-11-40-19-23)17-34-18-30(25)36-29/h3-12,14-19,36H,2,13H2,1H3,(H,35,39)(H,37,38)/b20-12+,24-16+. The van der Waals surface area contributed by atoms with E-state index in [0.29, 0.717) is 12.1 Å². The Morgan fingerprint density at radius 3 is 2.75 bits per heavy atom. The first-order chi connectivity index (χ1) is 19.6. The molecular weight excluding hydrogens is 500 g/mol. The van der Waals surface area contributed by atoms with Crippen LogP contribution in [-0.2, 0) is 11.2 Å². The Kier molecular flexibility index (Phi) is 6.64. The van der Waals surface area contributed by atoms with Crippen LogP contribution in [-0.4, -0.2) is 32.8 Å². The predicted octanol–water partition coefficient (Wildman–Crippen LogP) is 6.67. The number of aromatic nitrogens is 4. The van der Waals surface area contributed by atoms with Crippen LogP contribution in [0.4, 0.5) is 0 Å². The number of carbonyl (C=O) groups excluding carboxylic acids is 1. The first kappa shape index (κ1) is 24.8. The summed E-state index contributed by atoms with van der Waals surface area (Å²) in [6.45, 7) is 5.50. The molecule has 0 radical (unpaired) electrons. The van der Waals surface area contributed by atoms with Gasteiger partial charge in [-0.15, -0.1) is 0 Å². The molecule has 40 heavy (non-hydrogen) atoms. The Bertz CT molecular complexity index is 1890. The monoisotopic (exact) mass is 526 g/mol. The number of hydrogen-bond acceptors (Lipinski definition) is 5. The van der Waals surface area contributed by atoms with Crippen molar-refractivity contribution in [1.29, 1.82) is 0 Å². The van der Waals surface area contributed by atoms with Crippen LogP contribution in [0.25, 0.3) is 49.9 Å². The predicted molar refractivity (Wildman–Crippen MR) is 158 cm³/mol. The maximum absolute atomic E-state index is 12.6. The van der Waals surface area contributed by atoms with Crippen molar-refractivity contribution in [2.75, 3.05) is 0 Å². The van der Waals surface area contributed by atoms with Gasteiger partial charge in [0.05, 0.1) is 41.9 Å². The Labute approximate surface area is 230 Å². The minimum Gasteiger partial charge on any atom is -0.472 e. The Morgan fingerprint density at radius 1 is 1.07 bits per heavy atom. The van der Waals surface area contributed by atoms with Crippen molar-refractivity contribution in [2.45, 2.75) is 13.3 Å².